The average molecular weight is 433 g/mol. The number of rotatable bonds is 8. The first-order valence-electron chi connectivity index (χ1n) is 9.67. The van der Waals surface area contributed by atoms with Gasteiger partial charge < -0.3 is 19.7 Å². The highest BCUT2D eigenvalue weighted by atomic mass is 32.2. The quantitative estimate of drug-likeness (QED) is 0.672. The summed E-state index contributed by atoms with van der Waals surface area (Å²) in [6.07, 6.45) is 1.73. The molecule has 0 aromatic heterocycles. The smallest absolute Gasteiger partial charge is 0.274 e. The fourth-order valence-corrected chi connectivity index (χ4v) is 4.85. The molecule has 0 radical (unpaired) electrons. The Hall–Kier alpha value is -1.61. The largest absolute Gasteiger partial charge is 0.490 e. The second kappa shape index (κ2) is 8.63. The number of fused-ring (bicyclic) bond motifs is 1. The predicted octanol–water partition coefficient (Wildman–Crippen LogP) is 4.05. The SMILES string of the molecule is CC(=O)N[C@@H](C)COC1CC(COc2ccc3c(c2F)SC(C(C)(F)F)N3C)C1. The van der Waals surface area contributed by atoms with Gasteiger partial charge in [-0.3, -0.25) is 4.79 Å². The van der Waals surface area contributed by atoms with E-state index in [0.29, 0.717) is 18.9 Å². The van der Waals surface area contributed by atoms with E-state index in [4.69, 9.17) is 9.47 Å². The average Bonchev–Trinajstić information content (AvgIpc) is 2.92. The molecule has 3 rings (SSSR count). The van der Waals surface area contributed by atoms with Gasteiger partial charge >= 0.3 is 0 Å². The van der Waals surface area contributed by atoms with Crippen LogP contribution < -0.4 is 15.0 Å². The standard InChI is InChI=1S/C20H27F3N2O3S/c1-11(24-12(2)26)9-27-14-7-13(8-14)10-28-16-6-5-15-18(17(16)21)29-19(25(15)4)20(3,22)23/h5-6,11,13-14,19H,7-10H2,1-4H3,(H,24,26)/t11-,13?,14?,19?/m0/s1. The molecule has 5 nitrogen and oxygen atoms in total. The number of carbonyl (C=O) groups is 1. The van der Waals surface area contributed by atoms with Crippen LogP contribution >= 0.6 is 11.8 Å². The van der Waals surface area contributed by atoms with Crippen molar-refractivity contribution < 1.29 is 27.4 Å². The number of alkyl halides is 2. The van der Waals surface area contributed by atoms with Gasteiger partial charge in [-0.25, -0.2) is 13.2 Å². The lowest BCUT2D eigenvalue weighted by Crippen LogP contribution is -2.40. The normalized spacial score (nSPS) is 24.7. The number of hydrogen-bond acceptors (Lipinski definition) is 5. The number of halogens is 3. The first-order chi connectivity index (χ1) is 13.6. The number of nitrogens with zero attached hydrogens (tertiary/aromatic N) is 1. The van der Waals surface area contributed by atoms with Gasteiger partial charge in [-0.05, 0) is 37.8 Å². The van der Waals surface area contributed by atoms with E-state index < -0.39 is 17.1 Å². The van der Waals surface area contributed by atoms with Crippen molar-refractivity contribution in [3.63, 3.8) is 0 Å². The Morgan fingerprint density at radius 3 is 2.72 bits per heavy atom. The lowest BCUT2D eigenvalue weighted by molar-refractivity contribution is -0.120. The summed E-state index contributed by atoms with van der Waals surface area (Å²) in [5.74, 6) is -3.28. The minimum absolute atomic E-state index is 0.0433. The Kier molecular flexibility index (Phi) is 6.57. The molecule has 9 heteroatoms. The van der Waals surface area contributed by atoms with Crippen LogP contribution in [0.4, 0.5) is 18.9 Å². The van der Waals surface area contributed by atoms with Gasteiger partial charge in [0.1, 0.15) is 5.37 Å². The summed E-state index contributed by atoms with van der Waals surface area (Å²) in [6.45, 7) is 4.99. The zero-order chi connectivity index (χ0) is 21.3. The highest BCUT2D eigenvalue weighted by molar-refractivity contribution is 8.00. The predicted molar refractivity (Wildman–Crippen MR) is 106 cm³/mol. The third kappa shape index (κ3) is 5.12. The molecule has 1 aliphatic heterocycles. The Labute approximate surface area is 173 Å². The van der Waals surface area contributed by atoms with E-state index in [1.54, 1.807) is 13.1 Å². The summed E-state index contributed by atoms with van der Waals surface area (Å²) in [7, 11) is 1.54. The lowest BCUT2D eigenvalue weighted by Gasteiger charge is -2.35. The molecule has 2 aliphatic rings. The third-order valence-electron chi connectivity index (χ3n) is 5.13. The molecule has 0 spiro atoms. The fraction of sp³-hybridized carbons (Fsp3) is 0.650. The number of carbonyl (C=O) groups excluding carboxylic acids is 1. The molecule has 1 unspecified atom stereocenters. The van der Waals surface area contributed by atoms with Crippen LogP contribution in [0.25, 0.3) is 0 Å². The first-order valence-corrected chi connectivity index (χ1v) is 10.6. The molecule has 29 heavy (non-hydrogen) atoms. The molecule has 0 saturated heterocycles. The zero-order valence-corrected chi connectivity index (χ0v) is 17.8. The van der Waals surface area contributed by atoms with Crippen LogP contribution in [0.3, 0.4) is 0 Å². The maximum Gasteiger partial charge on any atom is 0.274 e. The van der Waals surface area contributed by atoms with E-state index in [-0.39, 0.29) is 34.6 Å². The molecule has 1 aromatic rings. The van der Waals surface area contributed by atoms with Crippen molar-refractivity contribution in [2.75, 3.05) is 25.2 Å². The van der Waals surface area contributed by atoms with Gasteiger partial charge in [0.2, 0.25) is 5.91 Å². The highest BCUT2D eigenvalue weighted by Gasteiger charge is 2.44. The Balaban J connectivity index is 1.47. The van der Waals surface area contributed by atoms with Gasteiger partial charge in [-0.15, -0.1) is 0 Å². The number of ether oxygens (including phenoxy) is 2. The lowest BCUT2D eigenvalue weighted by atomic mass is 9.83. The molecule has 2 atom stereocenters. The van der Waals surface area contributed by atoms with E-state index in [0.717, 1.165) is 31.5 Å². The third-order valence-corrected chi connectivity index (χ3v) is 6.71. The van der Waals surface area contributed by atoms with Crippen molar-refractivity contribution in [2.45, 2.75) is 62.0 Å². The van der Waals surface area contributed by atoms with Crippen molar-refractivity contribution in [3.8, 4) is 5.75 Å². The molecule has 1 heterocycles. The molecule has 1 aromatic carbocycles. The fourth-order valence-electron chi connectivity index (χ4n) is 3.61. The van der Waals surface area contributed by atoms with Crippen molar-refractivity contribution in [3.05, 3.63) is 17.9 Å². The second-order valence-corrected chi connectivity index (χ2v) is 9.06. The maximum absolute atomic E-state index is 14.8. The second-order valence-electron chi connectivity index (χ2n) is 7.97. The van der Waals surface area contributed by atoms with Crippen LogP contribution in [0, 0.1) is 11.7 Å². The number of thioether (sulfide) groups is 1. The summed E-state index contributed by atoms with van der Waals surface area (Å²) in [6, 6.07) is 3.09. The minimum Gasteiger partial charge on any atom is -0.490 e. The molecule has 1 fully saturated rings. The van der Waals surface area contributed by atoms with E-state index >= 15 is 0 Å². The molecular weight excluding hydrogens is 405 g/mol. The van der Waals surface area contributed by atoms with Crippen LogP contribution in [0.15, 0.2) is 17.0 Å². The van der Waals surface area contributed by atoms with Crippen LogP contribution in [0.2, 0.25) is 0 Å². The maximum atomic E-state index is 14.8. The number of hydrogen-bond donors (Lipinski definition) is 1. The van der Waals surface area contributed by atoms with E-state index in [2.05, 4.69) is 5.32 Å². The molecule has 1 N–H and O–H groups in total. The monoisotopic (exact) mass is 432 g/mol. The van der Waals surface area contributed by atoms with Crippen molar-refractivity contribution >= 4 is 23.4 Å². The number of nitrogens with one attached hydrogen (secondary N) is 1. The highest BCUT2D eigenvalue weighted by Crippen LogP contribution is 2.50. The molecule has 162 valence electrons. The van der Waals surface area contributed by atoms with E-state index in [1.165, 1.54) is 17.9 Å². The number of amides is 1. The number of benzene rings is 1. The minimum atomic E-state index is -2.95. The van der Waals surface area contributed by atoms with Crippen molar-refractivity contribution in [1.82, 2.24) is 5.32 Å². The van der Waals surface area contributed by atoms with Gasteiger partial charge in [-0.1, -0.05) is 11.8 Å². The van der Waals surface area contributed by atoms with Crippen LogP contribution in [-0.4, -0.2) is 49.6 Å². The summed E-state index contributed by atoms with van der Waals surface area (Å²) >= 11 is 0.831. The van der Waals surface area contributed by atoms with Gasteiger partial charge in [-0.2, -0.15) is 0 Å². The summed E-state index contributed by atoms with van der Waals surface area (Å²) in [5.41, 5.74) is 0.455. The molecule has 1 aliphatic carbocycles. The van der Waals surface area contributed by atoms with Gasteiger partial charge in [0, 0.05) is 26.9 Å². The topological polar surface area (TPSA) is 50.8 Å². The summed E-state index contributed by atoms with van der Waals surface area (Å²) in [4.78, 5) is 12.6. The summed E-state index contributed by atoms with van der Waals surface area (Å²) < 4.78 is 53.7. The molecule has 0 bridgehead atoms. The molecule has 1 saturated carbocycles. The zero-order valence-electron chi connectivity index (χ0n) is 17.0. The van der Waals surface area contributed by atoms with E-state index in [9.17, 15) is 18.0 Å². The van der Waals surface area contributed by atoms with Crippen molar-refractivity contribution in [2.24, 2.45) is 5.92 Å². The Morgan fingerprint density at radius 2 is 2.10 bits per heavy atom. The van der Waals surface area contributed by atoms with Crippen molar-refractivity contribution in [1.29, 1.82) is 0 Å². The van der Waals surface area contributed by atoms with E-state index in [1.807, 2.05) is 6.92 Å². The number of anilines is 1. The molecule has 1 amide bonds. The Bertz CT molecular complexity index is 753. The van der Waals surface area contributed by atoms with Crippen LogP contribution in [-0.2, 0) is 9.53 Å². The summed E-state index contributed by atoms with van der Waals surface area (Å²) in [5, 5.41) is 1.63. The first kappa shape index (κ1) is 22.1. The van der Waals surface area contributed by atoms with Gasteiger partial charge in [0.25, 0.3) is 5.92 Å². The molecular formula is C20H27F3N2O3S. The van der Waals surface area contributed by atoms with Crippen LogP contribution in [0.5, 0.6) is 5.75 Å². The van der Waals surface area contributed by atoms with Crippen LogP contribution in [0.1, 0.15) is 33.6 Å². The van der Waals surface area contributed by atoms with Gasteiger partial charge in [0.15, 0.2) is 11.6 Å². The van der Waals surface area contributed by atoms with Gasteiger partial charge in [0.05, 0.1) is 29.9 Å². The Morgan fingerprint density at radius 1 is 1.41 bits per heavy atom.